The number of benzene rings is 1. The fraction of sp³-hybridized carbons (Fsp3) is 0.111. The van der Waals surface area contributed by atoms with Crippen LogP contribution in [0.1, 0.15) is 11.4 Å². The highest BCUT2D eigenvalue weighted by Crippen LogP contribution is 2.20. The molecule has 138 valence electrons. The Morgan fingerprint density at radius 1 is 1.18 bits per heavy atom. The van der Waals surface area contributed by atoms with Crippen molar-refractivity contribution in [2.24, 2.45) is 0 Å². The van der Waals surface area contributed by atoms with Gasteiger partial charge in [-0.1, -0.05) is 0 Å². The van der Waals surface area contributed by atoms with E-state index in [1.54, 1.807) is 36.1 Å². The summed E-state index contributed by atoms with van der Waals surface area (Å²) in [5.41, 5.74) is 3.01. The van der Waals surface area contributed by atoms with E-state index in [2.05, 4.69) is 29.9 Å². The monoisotopic (exact) mass is 376 g/mol. The topological polar surface area (TPSA) is 107 Å². The van der Waals surface area contributed by atoms with Crippen molar-refractivity contribution in [3.05, 3.63) is 70.8 Å². The van der Waals surface area contributed by atoms with Crippen molar-refractivity contribution in [3.63, 3.8) is 0 Å². The summed E-state index contributed by atoms with van der Waals surface area (Å²) < 4.78 is 16.8. The Balaban J connectivity index is 1.72. The van der Waals surface area contributed by atoms with Gasteiger partial charge in [0.15, 0.2) is 5.65 Å². The summed E-state index contributed by atoms with van der Waals surface area (Å²) in [6.07, 6.45) is 6.25. The minimum Gasteiger partial charge on any atom is -0.303 e. The van der Waals surface area contributed by atoms with Gasteiger partial charge >= 0.3 is 5.69 Å². The zero-order chi connectivity index (χ0) is 19.3. The molecule has 4 heterocycles. The van der Waals surface area contributed by atoms with Gasteiger partial charge in [-0.25, -0.2) is 19.2 Å². The van der Waals surface area contributed by atoms with Gasteiger partial charge in [0.05, 0.1) is 35.2 Å². The fourth-order valence-corrected chi connectivity index (χ4v) is 3.12. The minimum atomic E-state index is -0.381. The summed E-state index contributed by atoms with van der Waals surface area (Å²) in [5.74, 6) is -0.0850. The first-order valence-electron chi connectivity index (χ1n) is 8.45. The predicted molar refractivity (Wildman–Crippen MR) is 98.6 cm³/mol. The number of aromatic nitrogens is 8. The van der Waals surface area contributed by atoms with Crippen LogP contribution in [0.25, 0.3) is 28.1 Å². The zero-order valence-corrected chi connectivity index (χ0v) is 14.7. The quantitative estimate of drug-likeness (QED) is 0.514. The Morgan fingerprint density at radius 2 is 2.07 bits per heavy atom. The number of hydrogen-bond acceptors (Lipinski definition) is 6. The van der Waals surface area contributed by atoms with E-state index < -0.39 is 0 Å². The Morgan fingerprint density at radius 3 is 2.89 bits per heavy atom. The van der Waals surface area contributed by atoms with Gasteiger partial charge in [-0.2, -0.15) is 4.98 Å². The first-order chi connectivity index (χ1) is 13.6. The van der Waals surface area contributed by atoms with E-state index in [0.717, 1.165) is 0 Å². The van der Waals surface area contributed by atoms with E-state index in [4.69, 9.17) is 0 Å². The van der Waals surface area contributed by atoms with Crippen LogP contribution in [-0.4, -0.2) is 39.0 Å². The first kappa shape index (κ1) is 16.2. The Kier molecular flexibility index (Phi) is 3.51. The highest BCUT2D eigenvalue weighted by molar-refractivity contribution is 5.78. The average Bonchev–Trinajstić information content (AvgIpc) is 3.24. The van der Waals surface area contributed by atoms with Crippen LogP contribution in [0.2, 0.25) is 0 Å². The molecule has 1 aromatic carbocycles. The number of rotatable bonds is 3. The minimum absolute atomic E-state index is 0.210. The van der Waals surface area contributed by atoms with Crippen LogP contribution in [0.15, 0.2) is 47.9 Å². The summed E-state index contributed by atoms with van der Waals surface area (Å²) in [7, 11) is 0. The van der Waals surface area contributed by atoms with Crippen molar-refractivity contribution in [2.45, 2.75) is 13.5 Å². The van der Waals surface area contributed by atoms with Crippen LogP contribution < -0.4 is 5.69 Å². The van der Waals surface area contributed by atoms with Crippen LogP contribution in [0.3, 0.4) is 0 Å². The van der Waals surface area contributed by atoms with Crippen molar-refractivity contribution in [1.82, 2.24) is 39.0 Å². The third-order valence-corrected chi connectivity index (χ3v) is 4.45. The van der Waals surface area contributed by atoms with E-state index >= 15 is 0 Å². The second-order valence-corrected chi connectivity index (χ2v) is 6.27. The lowest BCUT2D eigenvalue weighted by Gasteiger charge is -2.06. The normalized spacial score (nSPS) is 11.5. The molecular formula is C18H13FN8O. The molecule has 0 saturated carbocycles. The highest BCUT2D eigenvalue weighted by Gasteiger charge is 2.16. The highest BCUT2D eigenvalue weighted by atomic mass is 19.1. The first-order valence-corrected chi connectivity index (χ1v) is 8.45. The summed E-state index contributed by atoms with van der Waals surface area (Å²) in [6.45, 7) is 1.98. The van der Waals surface area contributed by atoms with Crippen molar-refractivity contribution >= 4 is 22.2 Å². The molecule has 9 nitrogen and oxygen atoms in total. The largest absolute Gasteiger partial charge is 0.328 e. The van der Waals surface area contributed by atoms with Gasteiger partial charge in [-0.05, 0) is 19.1 Å². The van der Waals surface area contributed by atoms with Gasteiger partial charge in [-0.3, -0.25) is 19.1 Å². The summed E-state index contributed by atoms with van der Waals surface area (Å²) in [6, 6.07) is 4.31. The number of aromatic amines is 1. The molecule has 0 atom stereocenters. The number of H-pyrrole nitrogens is 1. The van der Waals surface area contributed by atoms with Gasteiger partial charge in [0, 0.05) is 18.5 Å². The summed E-state index contributed by atoms with van der Waals surface area (Å²) in [5, 5.41) is 0. The second kappa shape index (κ2) is 6.05. The molecule has 0 aliphatic heterocycles. The molecule has 0 amide bonds. The molecule has 0 unspecified atom stereocenters. The molecule has 5 rings (SSSR count). The van der Waals surface area contributed by atoms with Crippen LogP contribution >= 0.6 is 0 Å². The second-order valence-electron chi connectivity index (χ2n) is 6.27. The number of hydrogen-bond donors (Lipinski definition) is 1. The maximum absolute atomic E-state index is 13.7. The van der Waals surface area contributed by atoms with Gasteiger partial charge in [0.1, 0.15) is 17.7 Å². The number of nitrogens with one attached hydrogen (secondary N) is 1. The van der Waals surface area contributed by atoms with Crippen molar-refractivity contribution in [2.75, 3.05) is 0 Å². The number of nitrogens with zero attached hydrogens (tertiary/aromatic N) is 7. The fourth-order valence-electron chi connectivity index (χ4n) is 3.12. The third-order valence-electron chi connectivity index (χ3n) is 4.45. The van der Waals surface area contributed by atoms with Gasteiger partial charge in [0.2, 0.25) is 5.95 Å². The molecule has 0 aliphatic carbocycles. The van der Waals surface area contributed by atoms with E-state index in [1.165, 1.54) is 23.0 Å². The SMILES string of the molecule is Cc1nc(-n2cnc3ccc(F)cc32)nc2c1[nH]c(=O)n2Cc1cnccn1. The molecule has 0 radical (unpaired) electrons. The predicted octanol–water partition coefficient (Wildman–Crippen LogP) is 1.74. The maximum Gasteiger partial charge on any atom is 0.328 e. The third kappa shape index (κ3) is 2.54. The van der Waals surface area contributed by atoms with Gasteiger partial charge < -0.3 is 4.98 Å². The molecule has 1 N–H and O–H groups in total. The van der Waals surface area contributed by atoms with Crippen molar-refractivity contribution in [1.29, 1.82) is 0 Å². The molecule has 0 spiro atoms. The van der Waals surface area contributed by atoms with Gasteiger partial charge in [0.25, 0.3) is 0 Å². The standard InChI is InChI=1S/C18H13FN8O/c1-10-15-16(26(18(28)24-15)8-12-7-20-4-5-21-12)25-17(23-10)27-9-22-13-3-2-11(19)6-14(13)27/h2-7,9H,8H2,1H3,(H,24,28). The number of halogens is 1. The maximum atomic E-state index is 13.7. The molecular weight excluding hydrogens is 363 g/mol. The lowest BCUT2D eigenvalue weighted by molar-refractivity contribution is 0.629. The molecule has 0 saturated heterocycles. The lowest BCUT2D eigenvalue weighted by atomic mass is 10.3. The van der Waals surface area contributed by atoms with E-state index in [0.29, 0.717) is 39.5 Å². The molecule has 0 aliphatic rings. The lowest BCUT2D eigenvalue weighted by Crippen LogP contribution is -2.18. The van der Waals surface area contributed by atoms with Crippen LogP contribution in [0, 0.1) is 12.7 Å². The molecule has 0 fully saturated rings. The van der Waals surface area contributed by atoms with E-state index in [-0.39, 0.29) is 18.1 Å². The summed E-state index contributed by atoms with van der Waals surface area (Å²) in [4.78, 5) is 36.8. The molecule has 10 heteroatoms. The van der Waals surface area contributed by atoms with Crippen LogP contribution in [0.5, 0.6) is 0 Å². The molecule has 28 heavy (non-hydrogen) atoms. The Hall–Kier alpha value is -3.95. The number of fused-ring (bicyclic) bond motifs is 2. The smallest absolute Gasteiger partial charge is 0.303 e. The molecule has 5 aromatic rings. The Bertz CT molecular complexity index is 1390. The zero-order valence-electron chi connectivity index (χ0n) is 14.7. The Labute approximate surface area is 156 Å². The van der Waals surface area contributed by atoms with Crippen LogP contribution in [-0.2, 0) is 6.54 Å². The van der Waals surface area contributed by atoms with Crippen molar-refractivity contribution < 1.29 is 4.39 Å². The number of imidazole rings is 2. The van der Waals surface area contributed by atoms with Crippen molar-refractivity contribution in [3.8, 4) is 5.95 Å². The summed E-state index contributed by atoms with van der Waals surface area (Å²) >= 11 is 0. The number of aryl methyl sites for hydroxylation is 1. The van der Waals surface area contributed by atoms with Gasteiger partial charge in [-0.15, -0.1) is 0 Å². The van der Waals surface area contributed by atoms with E-state index in [1.807, 2.05) is 0 Å². The van der Waals surface area contributed by atoms with Crippen LogP contribution in [0.4, 0.5) is 4.39 Å². The molecule has 4 aromatic heterocycles. The average molecular weight is 376 g/mol. The van der Waals surface area contributed by atoms with E-state index in [9.17, 15) is 9.18 Å². The molecule has 0 bridgehead atoms.